The maximum absolute atomic E-state index is 13.4. The molecule has 2 saturated heterocycles. The number of rotatable bonds is 28. The van der Waals surface area contributed by atoms with Gasteiger partial charge in [0.15, 0.2) is 34.0 Å². The van der Waals surface area contributed by atoms with Gasteiger partial charge in [0.2, 0.25) is 13.1 Å². The van der Waals surface area contributed by atoms with E-state index in [1.54, 1.807) is 47.8 Å². The topological polar surface area (TPSA) is 223 Å². The van der Waals surface area contributed by atoms with Crippen LogP contribution in [0.2, 0.25) is 0 Å². The lowest BCUT2D eigenvalue weighted by molar-refractivity contribution is -0.0252. The molecule has 0 bridgehead atoms. The van der Waals surface area contributed by atoms with Gasteiger partial charge in [-0.3, -0.25) is 19.2 Å². The van der Waals surface area contributed by atoms with Gasteiger partial charge >= 0.3 is 0 Å². The van der Waals surface area contributed by atoms with Crippen LogP contribution in [-0.2, 0) is 44.9 Å². The molecule has 6 heterocycles. The average Bonchev–Trinajstić information content (AvgIpc) is 1.87. The molecule has 23 nitrogen and oxygen atoms in total. The Morgan fingerprint density at radius 3 is 1.83 bits per heavy atom. The highest BCUT2D eigenvalue weighted by Gasteiger charge is 2.47. The van der Waals surface area contributed by atoms with Crippen LogP contribution in [0.25, 0.3) is 32.0 Å². The van der Waals surface area contributed by atoms with Crippen molar-refractivity contribution in [2.45, 2.75) is 94.9 Å². The molecule has 452 valence electrons. The van der Waals surface area contributed by atoms with Crippen LogP contribution in [-0.4, -0.2) is 151 Å². The van der Waals surface area contributed by atoms with Crippen LogP contribution in [0.15, 0.2) is 152 Å². The van der Waals surface area contributed by atoms with Gasteiger partial charge in [-0.1, -0.05) is 109 Å². The maximum atomic E-state index is 13.4. The zero-order valence-corrected chi connectivity index (χ0v) is 51.8. The molecule has 4 aromatic heterocycles. The van der Waals surface area contributed by atoms with Crippen molar-refractivity contribution in [2.24, 2.45) is 4.99 Å². The van der Waals surface area contributed by atoms with Gasteiger partial charge in [0.1, 0.15) is 38.3 Å². The molecule has 87 heavy (non-hydrogen) atoms. The van der Waals surface area contributed by atoms with E-state index < -0.39 is 57.5 Å². The molecule has 2 aliphatic rings. The second-order valence-corrected chi connectivity index (χ2v) is 26.2. The number of aliphatic imine (C=N–C) groups is 1. The number of aromatic nitrogens is 8. The summed E-state index contributed by atoms with van der Waals surface area (Å²) in [7, 11) is 2.07. The van der Waals surface area contributed by atoms with Crippen LogP contribution in [0, 0.1) is 13.1 Å². The van der Waals surface area contributed by atoms with Crippen molar-refractivity contribution in [3.05, 3.63) is 192 Å². The fourth-order valence-corrected chi connectivity index (χ4v) is 14.9. The number of benzene rings is 4. The number of amides is 1. The van der Waals surface area contributed by atoms with Gasteiger partial charge in [-0.25, -0.2) is 57.8 Å². The summed E-state index contributed by atoms with van der Waals surface area (Å²) in [6.07, 6.45) is 5.78. The predicted molar refractivity (Wildman–Crippen MR) is 337 cm³/mol. The maximum Gasteiger partial charge on any atom is 0.261 e. The fourth-order valence-electron chi connectivity index (χ4n) is 10.9. The van der Waals surface area contributed by atoms with Crippen LogP contribution in [0.3, 0.4) is 0 Å². The molecule has 10 rings (SSSR count). The number of nitrogens with one attached hydrogen (secondary N) is 3. The monoisotopic (exact) mass is 1230 g/mol. The highest BCUT2D eigenvalue weighted by molar-refractivity contribution is 8.09. The predicted octanol–water partition coefficient (Wildman–Crippen LogP) is 10.1. The number of anilines is 1. The van der Waals surface area contributed by atoms with E-state index in [2.05, 4.69) is 114 Å². The smallest absolute Gasteiger partial charge is 0.261 e. The highest BCUT2D eigenvalue weighted by Crippen LogP contribution is 2.51. The minimum absolute atomic E-state index is 0.0200. The van der Waals surface area contributed by atoms with Gasteiger partial charge in [-0.2, -0.15) is 0 Å². The number of ether oxygens (including phenoxy) is 2. The molecule has 0 saturated carbocycles. The number of hydrogen-bond donors (Lipinski definition) is 3. The summed E-state index contributed by atoms with van der Waals surface area (Å²) in [6.45, 7) is 20.2. The molecule has 3 N–H and O–H groups in total. The Labute approximate surface area is 512 Å². The molecule has 0 spiro atoms. The van der Waals surface area contributed by atoms with Gasteiger partial charge in [0.05, 0.1) is 50.0 Å². The fraction of sp³-hybridized carbons (Fsp3) is 0.377. The lowest BCUT2D eigenvalue weighted by Gasteiger charge is -2.40. The van der Waals surface area contributed by atoms with E-state index in [-0.39, 0.29) is 69.7 Å². The molecule has 8 aromatic rings. The first-order valence-electron chi connectivity index (χ1n) is 28.6. The van der Waals surface area contributed by atoms with Crippen LogP contribution >= 0.6 is 15.2 Å². The molecule has 26 heteroatoms. The van der Waals surface area contributed by atoms with Gasteiger partial charge < -0.3 is 47.5 Å². The minimum Gasteiger partial charge on any atom is -0.369 e. The van der Waals surface area contributed by atoms with Crippen molar-refractivity contribution < 1.29 is 32.4 Å². The standard InChI is InChI=1S/C61H70N16O7P2S/c1-42(2)77(43(3)4)85(79-31-29-62-5)80-35-50-49(34-53(83-50)76-41-69-55-57(65-38-67-59(55)76)71-60(78)44-21-13-9-14-22-44)73-86(87,81-32-30-63-6)82-36-51-48(33-52(84-51)75-40-68-54-56(70-39-74(7)8)64-37-66-58(54)75)72-61(45-23-15-10-16-24-45,46-25-17-11-18-26-46)47-27-19-12-20-28-47/h9-28,37-43,48-53,72H,29-36H2,1-4,7-8H3,(H,73,87)(H,65,67,71,78)/b70-39-/t48?,49?,50-,51-,52-,53-,85?,86?/m1/s1. The molecule has 2 aliphatic heterocycles. The summed E-state index contributed by atoms with van der Waals surface area (Å²) in [5.74, 6) is 0.287. The van der Waals surface area contributed by atoms with Gasteiger partial charge in [0, 0.05) is 56.7 Å². The number of fused-ring (bicyclic) bond motifs is 2. The molecule has 0 aliphatic carbocycles. The van der Waals surface area contributed by atoms with Crippen molar-refractivity contribution >= 4 is 73.2 Å². The van der Waals surface area contributed by atoms with Crippen LogP contribution in [0.1, 0.15) is 80.0 Å². The largest absolute Gasteiger partial charge is 0.369 e. The third kappa shape index (κ3) is 14.6. The Morgan fingerprint density at radius 2 is 1.25 bits per heavy atom. The van der Waals surface area contributed by atoms with E-state index in [1.807, 2.05) is 84.2 Å². The lowest BCUT2D eigenvalue weighted by Crippen LogP contribution is -2.53. The lowest BCUT2D eigenvalue weighted by atomic mass is 9.76. The number of nitrogens with zero attached hydrogens (tertiary/aromatic N) is 13. The van der Waals surface area contributed by atoms with Crippen LogP contribution < -0.4 is 15.7 Å². The van der Waals surface area contributed by atoms with Gasteiger partial charge in [-0.15, -0.1) is 0 Å². The first kappa shape index (κ1) is 62.7. The van der Waals surface area contributed by atoms with Crippen molar-refractivity contribution in [1.82, 2.24) is 59.0 Å². The van der Waals surface area contributed by atoms with Crippen LogP contribution in [0.4, 0.5) is 11.6 Å². The van der Waals surface area contributed by atoms with E-state index >= 15 is 0 Å². The van der Waals surface area contributed by atoms with Crippen molar-refractivity contribution in [3.8, 4) is 0 Å². The van der Waals surface area contributed by atoms with Crippen molar-refractivity contribution in [1.29, 1.82) is 0 Å². The molecular weight excluding hydrogens is 1160 g/mol. The zero-order valence-electron chi connectivity index (χ0n) is 49.2. The number of hydrogen-bond acceptors (Lipinski definition) is 17. The Morgan fingerprint density at radius 1 is 0.724 bits per heavy atom. The molecule has 8 atom stereocenters. The van der Waals surface area contributed by atoms with Crippen LogP contribution in [0.5, 0.6) is 0 Å². The molecule has 4 unspecified atom stereocenters. The molecular formula is C61H70N16O7P2S. The van der Waals surface area contributed by atoms with E-state index in [1.165, 1.54) is 12.7 Å². The number of carbonyl (C=O) groups excluding carboxylic acids is 1. The van der Waals surface area contributed by atoms with E-state index in [0.29, 0.717) is 40.1 Å². The van der Waals surface area contributed by atoms with Gasteiger partial charge in [-0.05, 0) is 68.3 Å². The first-order valence-corrected chi connectivity index (χ1v) is 32.4. The van der Waals surface area contributed by atoms with E-state index in [4.69, 9.17) is 67.5 Å². The summed E-state index contributed by atoms with van der Waals surface area (Å²) in [5, 5.41) is 10.7. The summed E-state index contributed by atoms with van der Waals surface area (Å²) in [4.78, 5) is 54.6. The summed E-state index contributed by atoms with van der Waals surface area (Å²) >= 11 is 6.57. The summed E-state index contributed by atoms with van der Waals surface area (Å²) in [6, 6.07) is 38.9. The quantitative estimate of drug-likeness (QED) is 0.0104. The normalized spacial score (nSPS) is 19.9. The average molecular weight is 1230 g/mol. The Bertz CT molecular complexity index is 3620. The first-order chi connectivity index (χ1) is 42.3. The van der Waals surface area contributed by atoms with E-state index in [9.17, 15) is 4.79 Å². The van der Waals surface area contributed by atoms with E-state index in [0.717, 1.165) is 16.7 Å². The third-order valence-corrected chi connectivity index (χ3v) is 19.4. The number of carbonyl (C=O) groups is 1. The molecule has 0 radical (unpaired) electrons. The van der Waals surface area contributed by atoms with Crippen molar-refractivity contribution in [2.75, 3.05) is 58.9 Å². The minimum atomic E-state index is -3.64. The highest BCUT2D eigenvalue weighted by atomic mass is 32.5. The second kappa shape index (κ2) is 29.1. The Kier molecular flexibility index (Phi) is 20.9. The summed E-state index contributed by atoms with van der Waals surface area (Å²) in [5.41, 5.74) is 4.37. The Hall–Kier alpha value is -7.38. The third-order valence-electron chi connectivity index (χ3n) is 14.7. The van der Waals surface area contributed by atoms with Gasteiger partial charge in [0.25, 0.3) is 21.1 Å². The molecule has 4 aromatic carbocycles. The molecule has 2 fully saturated rings. The zero-order chi connectivity index (χ0) is 60.9. The Balaban J connectivity index is 1.00. The van der Waals surface area contributed by atoms with Crippen molar-refractivity contribution in [3.63, 3.8) is 0 Å². The number of imidazole rings is 2. The second-order valence-electron chi connectivity index (χ2n) is 21.5. The SMILES string of the molecule is [C-]#[N+]CCOP(OC[C@H]1O[C@@H](n2cnc3c(NC(=O)c4ccccc4)ncnc32)CC1NP(=S)(OCC[N+]#[C-])OC[C@H]1O[C@@H](n2cnc3c(/N=C\N(C)C)ncnc32)CC1NC(c1ccccc1)(c1ccccc1)c1ccccc1)N(C(C)C)C(C)C. The molecule has 1 amide bonds. The summed E-state index contributed by atoms with van der Waals surface area (Å²) < 4.78 is 46.8.